The van der Waals surface area contributed by atoms with Crippen molar-refractivity contribution < 1.29 is 14.4 Å². The van der Waals surface area contributed by atoms with Crippen molar-refractivity contribution in [1.29, 1.82) is 5.26 Å². The van der Waals surface area contributed by atoms with E-state index < -0.39 is 11.4 Å². The molecule has 6 nitrogen and oxygen atoms in total. The quantitative estimate of drug-likeness (QED) is 0.510. The minimum atomic E-state index is -0.822. The van der Waals surface area contributed by atoms with Gasteiger partial charge in [0.05, 0.1) is 24.5 Å². The number of hydrogen-bond acceptors (Lipinski definition) is 4. The summed E-state index contributed by atoms with van der Waals surface area (Å²) in [5.41, 5.74) is -0.770. The number of aliphatic carboxylic acids is 1. The number of carboxylic acid groups (broad SMARTS) is 1. The van der Waals surface area contributed by atoms with Crippen LogP contribution in [0, 0.1) is 22.8 Å². The molecule has 0 aromatic heterocycles. The molecule has 0 aliphatic heterocycles. The molecule has 2 unspecified atom stereocenters. The van der Waals surface area contributed by atoms with Gasteiger partial charge in [0.15, 0.2) is 0 Å². The third-order valence-corrected chi connectivity index (χ3v) is 4.12. The van der Waals surface area contributed by atoms with Crippen LogP contribution in [0.4, 0.5) is 0 Å². The predicted octanol–water partition coefficient (Wildman–Crippen LogP) is 3.75. The average Bonchev–Trinajstić information content (AvgIpc) is 2.43. The van der Waals surface area contributed by atoms with Gasteiger partial charge < -0.3 is 5.11 Å². The van der Waals surface area contributed by atoms with E-state index in [1.54, 1.807) is 13.8 Å². The van der Waals surface area contributed by atoms with Crippen LogP contribution in [0.15, 0.2) is 0 Å². The highest BCUT2D eigenvalue weighted by atomic mass is 31.1. The maximum Gasteiger partial charge on any atom is 0.465 e. The van der Waals surface area contributed by atoms with Crippen molar-refractivity contribution in [2.24, 2.45) is 5.41 Å². The number of nitrogens with zero attached hydrogens (tertiary/aromatic N) is 3. The Morgan fingerprint density at radius 1 is 1.35 bits per heavy atom. The molecule has 2 atom stereocenters. The molecule has 0 heterocycles. The van der Waals surface area contributed by atoms with Crippen LogP contribution < -0.4 is 0 Å². The van der Waals surface area contributed by atoms with Gasteiger partial charge in [-0.25, -0.2) is 0 Å². The zero-order chi connectivity index (χ0) is 18.0. The van der Waals surface area contributed by atoms with Crippen LogP contribution in [-0.4, -0.2) is 40.7 Å². The van der Waals surface area contributed by atoms with Crippen molar-refractivity contribution in [3.63, 3.8) is 0 Å². The van der Waals surface area contributed by atoms with Gasteiger partial charge in [0.25, 0.3) is 6.07 Å². The fraction of sp³-hybridized carbons (Fsp3) is 0.812. The van der Waals surface area contributed by atoms with Crippen molar-refractivity contribution >= 4 is 14.9 Å². The highest BCUT2D eigenvalue weighted by Gasteiger charge is 2.27. The number of hydrogen-bond donors (Lipinski definition) is 1. The first-order valence-corrected chi connectivity index (χ1v) is 8.68. The average molecular weight is 342 g/mol. The Labute approximate surface area is 141 Å². The molecule has 0 spiro atoms. The second-order valence-electron chi connectivity index (χ2n) is 6.64. The van der Waals surface area contributed by atoms with Crippen LogP contribution in [0.3, 0.4) is 0 Å². The maximum absolute atomic E-state index is 11.0. The second kappa shape index (κ2) is 10.6. The van der Waals surface area contributed by atoms with Crippen LogP contribution >= 0.6 is 8.96 Å². The normalized spacial score (nSPS) is 13.4. The Balaban J connectivity index is 4.24. The minimum absolute atomic E-state index is 0.116. The van der Waals surface area contributed by atoms with Crippen LogP contribution in [0.25, 0.3) is 4.62 Å². The highest BCUT2D eigenvalue weighted by molar-refractivity contribution is 7.34. The summed E-state index contributed by atoms with van der Waals surface area (Å²) in [6.07, 6.45) is 0.951. The van der Waals surface area contributed by atoms with E-state index >= 15 is 0 Å². The Kier molecular flexibility index (Phi) is 10.0. The van der Waals surface area contributed by atoms with E-state index in [0.717, 1.165) is 0 Å². The summed E-state index contributed by atoms with van der Waals surface area (Å²) in [7, 11) is -0.116. The first kappa shape index (κ1) is 21.8. The molecule has 0 amide bonds. The van der Waals surface area contributed by atoms with Crippen molar-refractivity contribution in [2.45, 2.75) is 72.5 Å². The minimum Gasteiger partial charge on any atom is -0.481 e. The third kappa shape index (κ3) is 8.28. The molecule has 7 heteroatoms. The van der Waals surface area contributed by atoms with Crippen LogP contribution in [-0.2, 0) is 9.32 Å². The van der Waals surface area contributed by atoms with Gasteiger partial charge >= 0.3 is 14.9 Å². The molecule has 0 saturated carbocycles. The summed E-state index contributed by atoms with van der Waals surface area (Å²) < 4.78 is 9.49. The van der Waals surface area contributed by atoms with Crippen molar-refractivity contribution in [3.8, 4) is 12.1 Å². The molecule has 0 aromatic carbocycles. The fourth-order valence-corrected chi connectivity index (χ4v) is 2.69. The number of carbonyl (C=O) groups is 1. The molecule has 0 radical (unpaired) electrons. The van der Waals surface area contributed by atoms with Crippen molar-refractivity contribution in [1.82, 2.24) is 4.90 Å². The SMILES string of the molecule is CC(C)N(C(C)C)C(C#N)COP[N+]#CCCC(C)(C)C(=O)O. The standard InChI is InChI=1S/C16H28N3O3P/c1-12(2)19(13(3)4)14(10-17)11-22-23-18-9-7-8-16(5,6)15(20)21/h12-14,23H,7-8,11H2,1-6H3/p+1. The van der Waals surface area contributed by atoms with Crippen LogP contribution in [0.5, 0.6) is 0 Å². The lowest BCUT2D eigenvalue weighted by atomic mass is 9.88. The Bertz CT molecular complexity index is 467. The number of nitriles is 1. The fourth-order valence-electron chi connectivity index (χ4n) is 2.22. The first-order valence-electron chi connectivity index (χ1n) is 7.83. The predicted molar refractivity (Wildman–Crippen MR) is 93.7 cm³/mol. The summed E-state index contributed by atoms with van der Waals surface area (Å²) in [5, 5.41) is 18.3. The van der Waals surface area contributed by atoms with Gasteiger partial charge in [0, 0.05) is 12.1 Å². The molecular formula is C16H29N3O3P+. The van der Waals surface area contributed by atoms with Gasteiger partial charge in [-0.15, -0.1) is 0 Å². The van der Waals surface area contributed by atoms with E-state index in [9.17, 15) is 10.1 Å². The zero-order valence-corrected chi connectivity index (χ0v) is 16.0. The van der Waals surface area contributed by atoms with Crippen LogP contribution in [0.1, 0.15) is 54.4 Å². The Morgan fingerprint density at radius 2 is 1.91 bits per heavy atom. The number of carboxylic acids is 1. The number of rotatable bonds is 9. The lowest BCUT2D eigenvalue weighted by molar-refractivity contribution is -0.147. The summed E-state index contributed by atoms with van der Waals surface area (Å²) in [4.78, 5) is 13.1. The van der Waals surface area contributed by atoms with Gasteiger partial charge in [0.2, 0.25) is 0 Å². The van der Waals surface area contributed by atoms with Gasteiger partial charge in [-0.05, 0) is 52.6 Å². The molecule has 130 valence electrons. The van der Waals surface area contributed by atoms with Gasteiger partial charge in [-0.2, -0.15) is 5.26 Å². The van der Waals surface area contributed by atoms with E-state index in [0.29, 0.717) is 19.4 Å². The summed E-state index contributed by atoms with van der Waals surface area (Å²) in [5.74, 6) is -0.822. The zero-order valence-electron chi connectivity index (χ0n) is 15.0. The first-order chi connectivity index (χ1) is 10.6. The lowest BCUT2D eigenvalue weighted by Crippen LogP contribution is -2.46. The third-order valence-electron chi connectivity index (χ3n) is 3.57. The highest BCUT2D eigenvalue weighted by Crippen LogP contribution is 2.23. The van der Waals surface area contributed by atoms with Gasteiger partial charge in [0.1, 0.15) is 6.04 Å². The maximum atomic E-state index is 11.0. The molecule has 1 N–H and O–H groups in total. The molecule has 0 bridgehead atoms. The van der Waals surface area contributed by atoms with Crippen LogP contribution in [0.2, 0.25) is 0 Å². The van der Waals surface area contributed by atoms with Crippen molar-refractivity contribution in [2.75, 3.05) is 6.61 Å². The molecule has 0 saturated heterocycles. The van der Waals surface area contributed by atoms with Gasteiger partial charge in [-0.1, -0.05) is 0 Å². The molecule has 0 aliphatic carbocycles. The summed E-state index contributed by atoms with van der Waals surface area (Å²) in [6.45, 7) is 11.9. The Morgan fingerprint density at radius 3 is 2.35 bits per heavy atom. The van der Waals surface area contributed by atoms with E-state index in [2.05, 4.69) is 49.3 Å². The molecule has 0 fully saturated rings. The van der Waals surface area contributed by atoms with E-state index in [1.165, 1.54) is 0 Å². The lowest BCUT2D eigenvalue weighted by Gasteiger charge is -2.33. The largest absolute Gasteiger partial charge is 0.481 e. The molecular weight excluding hydrogens is 313 g/mol. The molecule has 0 aliphatic rings. The smallest absolute Gasteiger partial charge is 0.465 e. The summed E-state index contributed by atoms with van der Waals surface area (Å²) in [6, 6.07) is 5.32. The molecule has 0 rings (SSSR count). The Hall–Kier alpha value is -1.20. The van der Waals surface area contributed by atoms with E-state index in [1.807, 2.05) is 0 Å². The van der Waals surface area contributed by atoms with E-state index in [4.69, 9.17) is 9.63 Å². The molecule has 0 aromatic rings. The van der Waals surface area contributed by atoms with E-state index in [-0.39, 0.29) is 27.1 Å². The van der Waals surface area contributed by atoms with Gasteiger partial charge in [-0.3, -0.25) is 14.2 Å². The second-order valence-corrected chi connectivity index (χ2v) is 7.34. The topological polar surface area (TPSA) is 77.9 Å². The summed E-state index contributed by atoms with van der Waals surface area (Å²) >= 11 is 0. The monoisotopic (exact) mass is 342 g/mol. The molecule has 23 heavy (non-hydrogen) atoms. The van der Waals surface area contributed by atoms with Crippen molar-refractivity contribution in [3.05, 3.63) is 4.62 Å².